The Morgan fingerprint density at radius 2 is 1.78 bits per heavy atom. The fraction of sp³-hybridized carbons (Fsp3) is 0.429. The summed E-state index contributed by atoms with van der Waals surface area (Å²) < 4.78 is 9.85. The number of hydrogen-bond donors (Lipinski definition) is 0. The molecule has 0 spiro atoms. The fourth-order valence-corrected chi connectivity index (χ4v) is 1.32. The van der Waals surface area contributed by atoms with Crippen LogP contribution in [0.3, 0.4) is 0 Å². The number of carbonyl (C=O) groups excluding carboxylic acids is 2. The number of benzene rings is 1. The zero-order valence-corrected chi connectivity index (χ0v) is 11.1. The van der Waals surface area contributed by atoms with Crippen LogP contribution < -0.4 is 0 Å². The van der Waals surface area contributed by atoms with Crippen molar-refractivity contribution in [3.63, 3.8) is 0 Å². The molecule has 1 aromatic rings. The number of esters is 2. The first-order chi connectivity index (χ1) is 8.36. The van der Waals surface area contributed by atoms with E-state index in [9.17, 15) is 9.59 Å². The van der Waals surface area contributed by atoms with E-state index in [1.165, 1.54) is 7.11 Å². The largest absolute Gasteiger partial charge is 0.465 e. The molecule has 0 bridgehead atoms. The molecule has 0 saturated carbocycles. The number of carbonyl (C=O) groups is 2. The minimum atomic E-state index is -0.555. The van der Waals surface area contributed by atoms with Crippen LogP contribution in [0.1, 0.15) is 36.7 Å². The molecule has 0 unspecified atom stereocenters. The van der Waals surface area contributed by atoms with Crippen LogP contribution >= 0.6 is 0 Å². The SMILES string of the molecule is COC(=O)c1ccccc1COC(=O)C(C)(C)C. The van der Waals surface area contributed by atoms with Gasteiger partial charge in [-0.25, -0.2) is 4.79 Å². The molecule has 18 heavy (non-hydrogen) atoms. The van der Waals surface area contributed by atoms with Crippen LogP contribution in [0.2, 0.25) is 0 Å². The zero-order chi connectivity index (χ0) is 13.8. The van der Waals surface area contributed by atoms with Gasteiger partial charge in [-0.05, 0) is 26.8 Å². The first-order valence-corrected chi connectivity index (χ1v) is 5.69. The molecule has 4 heteroatoms. The third-order valence-corrected chi connectivity index (χ3v) is 2.39. The average Bonchev–Trinajstić information content (AvgIpc) is 2.34. The first-order valence-electron chi connectivity index (χ1n) is 5.69. The van der Waals surface area contributed by atoms with Gasteiger partial charge in [-0.1, -0.05) is 18.2 Å². The molecule has 98 valence electrons. The van der Waals surface area contributed by atoms with Crippen LogP contribution in [-0.2, 0) is 20.9 Å². The predicted molar refractivity (Wildman–Crippen MR) is 67.0 cm³/mol. The third-order valence-electron chi connectivity index (χ3n) is 2.39. The van der Waals surface area contributed by atoms with Gasteiger partial charge in [0.2, 0.25) is 0 Å². The van der Waals surface area contributed by atoms with Crippen molar-refractivity contribution >= 4 is 11.9 Å². The summed E-state index contributed by atoms with van der Waals surface area (Å²) >= 11 is 0. The maximum atomic E-state index is 11.7. The quantitative estimate of drug-likeness (QED) is 0.774. The molecule has 0 aromatic heterocycles. The molecule has 0 aliphatic carbocycles. The Kier molecular flexibility index (Phi) is 4.48. The maximum absolute atomic E-state index is 11.7. The molecule has 0 N–H and O–H groups in total. The number of hydrogen-bond acceptors (Lipinski definition) is 4. The van der Waals surface area contributed by atoms with E-state index < -0.39 is 11.4 Å². The van der Waals surface area contributed by atoms with E-state index in [0.717, 1.165) is 0 Å². The topological polar surface area (TPSA) is 52.6 Å². The maximum Gasteiger partial charge on any atom is 0.338 e. The first kappa shape index (κ1) is 14.2. The van der Waals surface area contributed by atoms with Gasteiger partial charge in [-0.2, -0.15) is 0 Å². The summed E-state index contributed by atoms with van der Waals surface area (Å²) in [5.74, 6) is -0.737. The summed E-state index contributed by atoms with van der Waals surface area (Å²) in [5, 5.41) is 0. The summed E-state index contributed by atoms with van der Waals surface area (Å²) in [6, 6.07) is 6.91. The Bertz CT molecular complexity index is 443. The van der Waals surface area contributed by atoms with Gasteiger partial charge in [0, 0.05) is 5.56 Å². The van der Waals surface area contributed by atoms with E-state index in [1.54, 1.807) is 45.0 Å². The van der Waals surface area contributed by atoms with Gasteiger partial charge < -0.3 is 9.47 Å². The van der Waals surface area contributed by atoms with Gasteiger partial charge >= 0.3 is 11.9 Å². The number of rotatable bonds is 3. The van der Waals surface area contributed by atoms with Gasteiger partial charge in [0.25, 0.3) is 0 Å². The number of methoxy groups -OCH3 is 1. The van der Waals surface area contributed by atoms with Crippen molar-refractivity contribution in [2.75, 3.05) is 7.11 Å². The summed E-state index contributed by atoms with van der Waals surface area (Å²) in [4.78, 5) is 23.2. The standard InChI is InChI=1S/C14H18O4/c1-14(2,3)13(16)18-9-10-7-5-6-8-11(10)12(15)17-4/h5-8H,9H2,1-4H3. The van der Waals surface area contributed by atoms with E-state index >= 15 is 0 Å². The summed E-state index contributed by atoms with van der Waals surface area (Å²) in [6.45, 7) is 5.41. The Morgan fingerprint density at radius 3 is 2.33 bits per heavy atom. The van der Waals surface area contributed by atoms with Crippen molar-refractivity contribution in [1.29, 1.82) is 0 Å². The Morgan fingerprint density at radius 1 is 1.17 bits per heavy atom. The van der Waals surface area contributed by atoms with E-state index in [0.29, 0.717) is 11.1 Å². The second kappa shape index (κ2) is 5.67. The molecule has 0 atom stereocenters. The molecule has 0 saturated heterocycles. The van der Waals surface area contributed by atoms with Crippen molar-refractivity contribution in [2.45, 2.75) is 27.4 Å². The van der Waals surface area contributed by atoms with Crippen LogP contribution in [0.5, 0.6) is 0 Å². The van der Waals surface area contributed by atoms with Gasteiger partial charge in [-0.3, -0.25) is 4.79 Å². The second-order valence-corrected chi connectivity index (χ2v) is 4.97. The summed E-state index contributed by atoms with van der Waals surface area (Å²) in [6.07, 6.45) is 0. The lowest BCUT2D eigenvalue weighted by atomic mass is 9.97. The summed E-state index contributed by atoms with van der Waals surface area (Å²) in [5.41, 5.74) is 0.504. The fourth-order valence-electron chi connectivity index (χ4n) is 1.32. The van der Waals surface area contributed by atoms with Crippen LogP contribution in [0.25, 0.3) is 0 Å². The lowest BCUT2D eigenvalue weighted by Gasteiger charge is -2.17. The minimum absolute atomic E-state index is 0.0708. The van der Waals surface area contributed by atoms with E-state index in [-0.39, 0.29) is 12.6 Å². The minimum Gasteiger partial charge on any atom is -0.465 e. The van der Waals surface area contributed by atoms with Crippen LogP contribution in [0.15, 0.2) is 24.3 Å². The van der Waals surface area contributed by atoms with Crippen LogP contribution in [-0.4, -0.2) is 19.0 Å². The smallest absolute Gasteiger partial charge is 0.338 e. The lowest BCUT2D eigenvalue weighted by Crippen LogP contribution is -2.23. The van der Waals surface area contributed by atoms with Gasteiger partial charge in [0.05, 0.1) is 18.1 Å². The molecule has 4 nitrogen and oxygen atoms in total. The summed E-state index contributed by atoms with van der Waals surface area (Å²) in [7, 11) is 1.32. The van der Waals surface area contributed by atoms with Gasteiger partial charge in [-0.15, -0.1) is 0 Å². The molecule has 0 radical (unpaired) electrons. The molecule has 0 fully saturated rings. The molecule has 1 aromatic carbocycles. The molecule has 0 aliphatic heterocycles. The third kappa shape index (κ3) is 3.58. The van der Waals surface area contributed by atoms with Gasteiger partial charge in [0.15, 0.2) is 0 Å². The highest BCUT2D eigenvalue weighted by Crippen LogP contribution is 2.18. The Hall–Kier alpha value is -1.84. The average molecular weight is 250 g/mol. The Labute approximate surface area is 107 Å². The van der Waals surface area contributed by atoms with Crippen molar-refractivity contribution in [3.8, 4) is 0 Å². The highest BCUT2D eigenvalue weighted by molar-refractivity contribution is 5.91. The van der Waals surface area contributed by atoms with Crippen molar-refractivity contribution < 1.29 is 19.1 Å². The lowest BCUT2D eigenvalue weighted by molar-refractivity contribution is -0.154. The van der Waals surface area contributed by atoms with Gasteiger partial charge in [0.1, 0.15) is 6.61 Å². The van der Waals surface area contributed by atoms with Crippen LogP contribution in [0, 0.1) is 5.41 Å². The molecular weight excluding hydrogens is 232 g/mol. The van der Waals surface area contributed by atoms with Crippen molar-refractivity contribution in [3.05, 3.63) is 35.4 Å². The second-order valence-electron chi connectivity index (χ2n) is 4.97. The molecule has 1 rings (SSSR count). The molecule has 0 heterocycles. The highest BCUT2D eigenvalue weighted by Gasteiger charge is 2.23. The molecular formula is C14H18O4. The molecule has 0 amide bonds. The molecule has 0 aliphatic rings. The van der Waals surface area contributed by atoms with E-state index in [1.807, 2.05) is 0 Å². The predicted octanol–water partition coefficient (Wildman–Crippen LogP) is 2.56. The van der Waals surface area contributed by atoms with E-state index in [4.69, 9.17) is 4.74 Å². The Balaban J connectivity index is 2.80. The van der Waals surface area contributed by atoms with Crippen molar-refractivity contribution in [2.24, 2.45) is 5.41 Å². The highest BCUT2D eigenvalue weighted by atomic mass is 16.5. The van der Waals surface area contributed by atoms with E-state index in [2.05, 4.69) is 4.74 Å². The zero-order valence-electron chi connectivity index (χ0n) is 11.1. The normalized spacial score (nSPS) is 10.9. The monoisotopic (exact) mass is 250 g/mol. The van der Waals surface area contributed by atoms with Crippen LogP contribution in [0.4, 0.5) is 0 Å². The van der Waals surface area contributed by atoms with Crippen molar-refractivity contribution in [1.82, 2.24) is 0 Å². The number of ether oxygens (including phenoxy) is 2.